The number of urea groups is 1. The first-order valence-corrected chi connectivity index (χ1v) is 15.6. The van der Waals surface area contributed by atoms with E-state index in [0.29, 0.717) is 58.7 Å². The van der Waals surface area contributed by atoms with E-state index in [1.165, 1.54) is 21.9 Å². The Labute approximate surface area is 271 Å². The number of anilines is 1. The molecule has 45 heavy (non-hydrogen) atoms. The van der Waals surface area contributed by atoms with Crippen LogP contribution in [0.4, 0.5) is 14.9 Å². The summed E-state index contributed by atoms with van der Waals surface area (Å²) in [6.07, 6.45) is 0.821. The molecule has 2 atom stereocenters. The molecule has 1 aromatic heterocycles. The summed E-state index contributed by atoms with van der Waals surface area (Å²) in [7, 11) is 0. The van der Waals surface area contributed by atoms with Crippen LogP contribution in [0.15, 0.2) is 77.3 Å². The summed E-state index contributed by atoms with van der Waals surface area (Å²) in [5.74, 6) is 0.403. The van der Waals surface area contributed by atoms with Crippen molar-refractivity contribution in [1.29, 1.82) is 0 Å². The molecule has 2 fully saturated rings. The molecule has 0 saturated carbocycles. The van der Waals surface area contributed by atoms with E-state index in [4.69, 9.17) is 32.5 Å². The zero-order valence-corrected chi connectivity index (χ0v) is 26.7. The van der Waals surface area contributed by atoms with Gasteiger partial charge in [-0.2, -0.15) is 0 Å². The Bertz CT molecular complexity index is 1750. The van der Waals surface area contributed by atoms with Crippen LogP contribution in [0.25, 0.3) is 11.3 Å². The maximum absolute atomic E-state index is 14.5. The van der Waals surface area contributed by atoms with E-state index in [0.717, 1.165) is 11.3 Å². The average molecular weight is 652 g/mol. The molecule has 1 spiro atoms. The van der Waals surface area contributed by atoms with Gasteiger partial charge in [0.25, 0.3) is 5.91 Å². The van der Waals surface area contributed by atoms with Gasteiger partial charge in [-0.05, 0) is 87.7 Å². The van der Waals surface area contributed by atoms with Gasteiger partial charge in [-0.3, -0.25) is 19.5 Å². The first-order chi connectivity index (χ1) is 21.5. The monoisotopic (exact) mass is 650 g/mol. The van der Waals surface area contributed by atoms with Crippen LogP contribution in [0.5, 0.6) is 5.75 Å². The molecule has 4 aromatic rings. The van der Waals surface area contributed by atoms with Crippen molar-refractivity contribution in [3.63, 3.8) is 0 Å². The number of piperidine rings is 1. The molecule has 0 radical (unpaired) electrons. The summed E-state index contributed by atoms with van der Waals surface area (Å²) < 4.78 is 25.9. The Morgan fingerprint density at radius 3 is 2.56 bits per heavy atom. The summed E-state index contributed by atoms with van der Waals surface area (Å²) in [6.45, 7) is 7.15. The number of aromatic nitrogens is 1. The van der Waals surface area contributed by atoms with Crippen LogP contribution < -0.4 is 9.64 Å². The quantitative estimate of drug-likeness (QED) is 0.180. The minimum absolute atomic E-state index is 0.0607. The third-order valence-electron chi connectivity index (χ3n) is 8.37. The van der Waals surface area contributed by atoms with Crippen LogP contribution in [0.2, 0.25) is 10.0 Å². The van der Waals surface area contributed by atoms with Crippen molar-refractivity contribution in [3.8, 4) is 17.1 Å². The number of halogens is 3. The van der Waals surface area contributed by atoms with Crippen LogP contribution >= 0.6 is 23.2 Å². The second kappa shape index (κ2) is 12.5. The molecule has 0 N–H and O–H groups in total. The van der Waals surface area contributed by atoms with E-state index >= 15 is 0 Å². The fraction of sp³-hybridized carbons (Fsp3) is 0.324. The minimum atomic E-state index is -1.18. The highest BCUT2D eigenvalue weighted by atomic mass is 35.5. The van der Waals surface area contributed by atoms with Crippen molar-refractivity contribution in [2.45, 2.75) is 64.4 Å². The third kappa shape index (κ3) is 6.17. The van der Waals surface area contributed by atoms with E-state index in [2.05, 4.69) is 23.0 Å². The lowest BCUT2D eigenvalue weighted by Crippen LogP contribution is -2.59. The number of imide groups is 1. The molecule has 0 bridgehead atoms. The summed E-state index contributed by atoms with van der Waals surface area (Å²) in [4.78, 5) is 33.3. The van der Waals surface area contributed by atoms with Gasteiger partial charge in [0.1, 0.15) is 22.8 Å². The second-order valence-corrected chi connectivity index (χ2v) is 12.7. The first-order valence-electron chi connectivity index (χ1n) is 14.9. The zero-order valence-electron chi connectivity index (χ0n) is 25.2. The van der Waals surface area contributed by atoms with Gasteiger partial charge in [0.05, 0.1) is 22.7 Å². The molecule has 2 aliphatic heterocycles. The number of hydrogen-bond donors (Lipinski definition) is 0. The molecule has 2 saturated heterocycles. The van der Waals surface area contributed by atoms with E-state index in [-0.39, 0.29) is 24.6 Å². The number of rotatable bonds is 8. The molecule has 0 unspecified atom stereocenters. The van der Waals surface area contributed by atoms with Gasteiger partial charge in [-0.25, -0.2) is 9.18 Å². The van der Waals surface area contributed by atoms with Crippen LogP contribution in [-0.4, -0.2) is 51.1 Å². The van der Waals surface area contributed by atoms with Crippen LogP contribution in [0.3, 0.4) is 0 Å². The highest BCUT2D eigenvalue weighted by Gasteiger charge is 2.60. The van der Waals surface area contributed by atoms with Gasteiger partial charge >= 0.3 is 6.03 Å². The van der Waals surface area contributed by atoms with Crippen molar-refractivity contribution in [3.05, 3.63) is 99.9 Å². The lowest BCUT2D eigenvalue weighted by atomic mass is 9.81. The standard InChI is InChI=1S/C34H33Cl2FN4O4/c1-21(2)44-28-9-4-6-23(14-28)19-39-13-12-34(18-22(39)3)32(42)40(33(43)41(34)27-8-5-7-25(37)16-27)20-26-17-31(45-38-26)24-10-11-29(35)30(36)15-24/h4-11,14-17,21-22H,12-13,18-20H2,1-3H3/t22-,34+/m0/s1. The van der Waals surface area contributed by atoms with Gasteiger partial charge in [0, 0.05) is 36.4 Å². The van der Waals surface area contributed by atoms with Crippen molar-refractivity contribution in [1.82, 2.24) is 15.0 Å². The van der Waals surface area contributed by atoms with Gasteiger partial charge in [-0.15, -0.1) is 0 Å². The SMILES string of the molecule is CC(C)Oc1cccc(CN2CC[C@@]3(C[C@@H]2C)C(=O)N(Cc2cc(-c4ccc(Cl)c(Cl)c4)on2)C(=O)N3c2cccc(F)c2)c1. The topological polar surface area (TPSA) is 79.1 Å². The van der Waals surface area contributed by atoms with Crippen LogP contribution in [-0.2, 0) is 17.9 Å². The van der Waals surface area contributed by atoms with Crippen molar-refractivity contribution in [2.75, 3.05) is 11.4 Å². The van der Waals surface area contributed by atoms with Crippen molar-refractivity contribution >= 4 is 40.8 Å². The highest BCUT2D eigenvalue weighted by Crippen LogP contribution is 2.43. The Hall–Kier alpha value is -3.92. The highest BCUT2D eigenvalue weighted by molar-refractivity contribution is 6.42. The van der Waals surface area contributed by atoms with Gasteiger partial charge in [0.2, 0.25) is 0 Å². The summed E-state index contributed by atoms with van der Waals surface area (Å²) in [6, 6.07) is 20.0. The van der Waals surface area contributed by atoms with E-state index in [1.807, 2.05) is 32.0 Å². The number of benzene rings is 3. The number of amides is 3. The predicted molar refractivity (Wildman–Crippen MR) is 171 cm³/mol. The first kappa shape index (κ1) is 31.1. The maximum atomic E-state index is 14.5. The van der Waals surface area contributed by atoms with E-state index in [1.54, 1.807) is 36.4 Å². The average Bonchev–Trinajstić information content (AvgIpc) is 3.53. The zero-order chi connectivity index (χ0) is 31.9. The van der Waals surface area contributed by atoms with Crippen LogP contribution in [0.1, 0.15) is 44.9 Å². The number of nitrogens with zero attached hydrogens (tertiary/aromatic N) is 4. The lowest BCUT2D eigenvalue weighted by molar-refractivity contribution is -0.133. The molecule has 3 heterocycles. The molecule has 6 rings (SSSR count). The Morgan fingerprint density at radius 1 is 1.02 bits per heavy atom. The van der Waals surface area contributed by atoms with E-state index in [9.17, 15) is 14.0 Å². The molecular formula is C34H33Cl2FN4O4. The number of hydrogen-bond acceptors (Lipinski definition) is 6. The molecule has 0 aliphatic carbocycles. The predicted octanol–water partition coefficient (Wildman–Crippen LogP) is 7.97. The fourth-order valence-corrected chi connectivity index (χ4v) is 6.61. The fourth-order valence-electron chi connectivity index (χ4n) is 6.31. The normalized spacial score (nSPS) is 20.6. The number of carbonyl (C=O) groups is 2. The number of ether oxygens (including phenoxy) is 1. The summed E-state index contributed by atoms with van der Waals surface area (Å²) in [5, 5.41) is 4.90. The van der Waals surface area contributed by atoms with Crippen molar-refractivity contribution < 1.29 is 23.2 Å². The number of carbonyl (C=O) groups excluding carboxylic acids is 2. The molecule has 11 heteroatoms. The summed E-state index contributed by atoms with van der Waals surface area (Å²) in [5.41, 5.74) is 1.30. The molecular weight excluding hydrogens is 618 g/mol. The smallest absolute Gasteiger partial charge is 0.332 e. The molecule has 234 valence electrons. The molecule has 8 nitrogen and oxygen atoms in total. The lowest BCUT2D eigenvalue weighted by Gasteiger charge is -2.45. The van der Waals surface area contributed by atoms with Crippen molar-refractivity contribution in [2.24, 2.45) is 0 Å². The Morgan fingerprint density at radius 2 is 1.82 bits per heavy atom. The Balaban J connectivity index is 1.26. The summed E-state index contributed by atoms with van der Waals surface area (Å²) >= 11 is 12.2. The maximum Gasteiger partial charge on any atom is 0.332 e. The van der Waals surface area contributed by atoms with E-state index < -0.39 is 17.4 Å². The Kier molecular flexibility index (Phi) is 8.61. The third-order valence-corrected chi connectivity index (χ3v) is 9.11. The molecule has 2 aliphatic rings. The molecule has 3 aromatic carbocycles. The van der Waals surface area contributed by atoms with Gasteiger partial charge in [-0.1, -0.05) is 46.6 Å². The second-order valence-electron chi connectivity index (χ2n) is 11.9. The minimum Gasteiger partial charge on any atom is -0.491 e. The largest absolute Gasteiger partial charge is 0.491 e. The number of likely N-dealkylation sites (tertiary alicyclic amines) is 1. The molecule has 3 amide bonds. The van der Waals surface area contributed by atoms with Gasteiger partial charge < -0.3 is 9.26 Å². The van der Waals surface area contributed by atoms with Crippen LogP contribution in [0, 0.1) is 5.82 Å². The van der Waals surface area contributed by atoms with Gasteiger partial charge in [0.15, 0.2) is 5.76 Å².